The Hall–Kier alpha value is -1.89. The SMILES string of the molecule is CC(C)(C)OC(=O)N1C[C@@H]2CN(C(=O)c3ccc(Cl)nn3)C[C@]2(C)C1. The van der Waals surface area contributed by atoms with E-state index in [1.807, 2.05) is 20.8 Å². The Kier molecular flexibility index (Phi) is 4.39. The summed E-state index contributed by atoms with van der Waals surface area (Å²) in [5.74, 6) is 0.0767. The first kappa shape index (κ1) is 17.9. The highest BCUT2D eigenvalue weighted by molar-refractivity contribution is 6.29. The summed E-state index contributed by atoms with van der Waals surface area (Å²) in [7, 11) is 0. The molecule has 0 bridgehead atoms. The van der Waals surface area contributed by atoms with Crippen molar-refractivity contribution in [1.29, 1.82) is 0 Å². The van der Waals surface area contributed by atoms with E-state index in [-0.39, 0.29) is 34.2 Å². The van der Waals surface area contributed by atoms with Crippen LogP contribution in [-0.2, 0) is 4.74 Å². The van der Waals surface area contributed by atoms with Crippen LogP contribution < -0.4 is 0 Å². The normalized spacial score (nSPS) is 25.9. The number of hydrogen-bond acceptors (Lipinski definition) is 5. The molecule has 8 heteroatoms. The van der Waals surface area contributed by atoms with Crippen LogP contribution in [-0.4, -0.2) is 63.8 Å². The second-order valence-corrected chi connectivity index (χ2v) is 8.53. The maximum atomic E-state index is 12.6. The zero-order valence-electron chi connectivity index (χ0n) is 15.0. The molecule has 0 aliphatic carbocycles. The molecule has 2 amide bonds. The molecule has 1 aromatic rings. The minimum Gasteiger partial charge on any atom is -0.444 e. The number of likely N-dealkylation sites (tertiary alicyclic amines) is 2. The second kappa shape index (κ2) is 6.12. The first-order valence-electron chi connectivity index (χ1n) is 8.34. The maximum Gasteiger partial charge on any atom is 0.410 e. The van der Waals surface area contributed by atoms with E-state index in [1.54, 1.807) is 21.9 Å². The zero-order chi connectivity index (χ0) is 18.4. The largest absolute Gasteiger partial charge is 0.444 e. The monoisotopic (exact) mass is 366 g/mol. The molecule has 0 radical (unpaired) electrons. The van der Waals surface area contributed by atoms with Gasteiger partial charge in [-0.2, -0.15) is 0 Å². The topological polar surface area (TPSA) is 75.6 Å². The van der Waals surface area contributed by atoms with Crippen LogP contribution in [0, 0.1) is 11.3 Å². The standard InChI is InChI=1S/C17H23ClN4O3/c1-16(2,3)25-15(24)22-8-11-7-21(9-17(11,4)10-22)14(23)12-5-6-13(18)20-19-12/h5-6,11H,7-10H2,1-4H3/t11-,17+/m0/s1. The fraction of sp³-hybridized carbons (Fsp3) is 0.647. The summed E-state index contributed by atoms with van der Waals surface area (Å²) in [4.78, 5) is 28.4. The quantitative estimate of drug-likeness (QED) is 0.763. The minimum atomic E-state index is -0.509. The van der Waals surface area contributed by atoms with Gasteiger partial charge in [-0.1, -0.05) is 18.5 Å². The molecular formula is C17H23ClN4O3. The van der Waals surface area contributed by atoms with E-state index >= 15 is 0 Å². The van der Waals surface area contributed by atoms with Crippen LogP contribution in [0.15, 0.2) is 12.1 Å². The average Bonchev–Trinajstić information content (AvgIpc) is 2.97. The van der Waals surface area contributed by atoms with Crippen molar-refractivity contribution in [3.8, 4) is 0 Å². The molecule has 25 heavy (non-hydrogen) atoms. The number of carbonyl (C=O) groups excluding carboxylic acids is 2. The average molecular weight is 367 g/mol. The van der Waals surface area contributed by atoms with Crippen LogP contribution in [0.5, 0.6) is 0 Å². The number of ether oxygens (including phenoxy) is 1. The molecular weight excluding hydrogens is 344 g/mol. The molecule has 2 aliphatic heterocycles. The van der Waals surface area contributed by atoms with Crippen LogP contribution in [0.3, 0.4) is 0 Å². The number of nitrogens with zero attached hydrogens (tertiary/aromatic N) is 4. The van der Waals surface area contributed by atoms with Gasteiger partial charge in [0.15, 0.2) is 10.8 Å². The van der Waals surface area contributed by atoms with Crippen molar-refractivity contribution in [2.75, 3.05) is 26.2 Å². The van der Waals surface area contributed by atoms with Gasteiger partial charge in [0.05, 0.1) is 0 Å². The highest BCUT2D eigenvalue weighted by Gasteiger charge is 2.52. The minimum absolute atomic E-state index is 0.133. The number of rotatable bonds is 1. The zero-order valence-corrected chi connectivity index (χ0v) is 15.7. The number of halogens is 1. The number of hydrogen-bond donors (Lipinski definition) is 0. The molecule has 7 nitrogen and oxygen atoms in total. The third kappa shape index (κ3) is 3.71. The second-order valence-electron chi connectivity index (χ2n) is 8.14. The molecule has 1 aromatic heterocycles. The Bertz CT molecular complexity index is 688. The molecule has 2 atom stereocenters. The highest BCUT2D eigenvalue weighted by atomic mass is 35.5. The van der Waals surface area contributed by atoms with Gasteiger partial charge in [0.2, 0.25) is 0 Å². The van der Waals surface area contributed by atoms with Crippen molar-refractivity contribution in [3.05, 3.63) is 23.0 Å². The van der Waals surface area contributed by atoms with Crippen molar-refractivity contribution in [2.45, 2.75) is 33.3 Å². The lowest BCUT2D eigenvalue weighted by Gasteiger charge is -2.27. The lowest BCUT2D eigenvalue weighted by Crippen LogP contribution is -2.40. The number of amides is 2. The molecule has 3 heterocycles. The van der Waals surface area contributed by atoms with Gasteiger partial charge in [0.25, 0.3) is 5.91 Å². The Balaban J connectivity index is 1.65. The fourth-order valence-electron chi connectivity index (χ4n) is 3.55. The lowest BCUT2D eigenvalue weighted by molar-refractivity contribution is 0.0263. The summed E-state index contributed by atoms with van der Waals surface area (Å²) in [5.41, 5.74) is -0.353. The molecule has 2 saturated heterocycles. The summed E-state index contributed by atoms with van der Waals surface area (Å²) in [6, 6.07) is 3.14. The van der Waals surface area contributed by atoms with Gasteiger partial charge in [0, 0.05) is 37.5 Å². The maximum absolute atomic E-state index is 12.6. The van der Waals surface area contributed by atoms with Crippen molar-refractivity contribution in [1.82, 2.24) is 20.0 Å². The van der Waals surface area contributed by atoms with E-state index in [2.05, 4.69) is 17.1 Å². The van der Waals surface area contributed by atoms with Crippen molar-refractivity contribution < 1.29 is 14.3 Å². The number of aromatic nitrogens is 2. The molecule has 0 spiro atoms. The van der Waals surface area contributed by atoms with E-state index < -0.39 is 5.60 Å². The van der Waals surface area contributed by atoms with E-state index in [0.29, 0.717) is 26.2 Å². The van der Waals surface area contributed by atoms with E-state index in [9.17, 15) is 9.59 Å². The molecule has 0 unspecified atom stereocenters. The summed E-state index contributed by atoms with van der Waals surface area (Å²) in [6.07, 6.45) is -0.287. The van der Waals surface area contributed by atoms with Crippen LogP contribution in [0.1, 0.15) is 38.2 Å². The predicted molar refractivity (Wildman–Crippen MR) is 92.3 cm³/mol. The molecule has 0 N–H and O–H groups in total. The molecule has 0 aromatic carbocycles. The molecule has 2 fully saturated rings. The predicted octanol–water partition coefficient (Wildman–Crippen LogP) is 2.46. The van der Waals surface area contributed by atoms with Gasteiger partial charge in [0.1, 0.15) is 5.60 Å². The summed E-state index contributed by atoms with van der Waals surface area (Å²) in [6.45, 7) is 10.1. The fourth-order valence-corrected chi connectivity index (χ4v) is 3.65. The van der Waals surface area contributed by atoms with E-state index in [1.165, 1.54) is 0 Å². The van der Waals surface area contributed by atoms with Gasteiger partial charge in [-0.3, -0.25) is 4.79 Å². The summed E-state index contributed by atoms with van der Waals surface area (Å²) >= 11 is 5.72. The number of carbonyl (C=O) groups is 2. The highest BCUT2D eigenvalue weighted by Crippen LogP contribution is 2.42. The summed E-state index contributed by atoms with van der Waals surface area (Å²) < 4.78 is 5.46. The van der Waals surface area contributed by atoms with Crippen LogP contribution >= 0.6 is 11.6 Å². The van der Waals surface area contributed by atoms with Gasteiger partial charge in [-0.05, 0) is 32.9 Å². The van der Waals surface area contributed by atoms with Crippen molar-refractivity contribution >= 4 is 23.6 Å². The van der Waals surface area contributed by atoms with Gasteiger partial charge >= 0.3 is 6.09 Å². The van der Waals surface area contributed by atoms with Crippen LogP contribution in [0.4, 0.5) is 4.79 Å². The first-order valence-corrected chi connectivity index (χ1v) is 8.72. The van der Waals surface area contributed by atoms with E-state index in [0.717, 1.165) is 0 Å². The van der Waals surface area contributed by atoms with Crippen molar-refractivity contribution in [3.63, 3.8) is 0 Å². The molecule has 136 valence electrons. The number of fused-ring (bicyclic) bond motifs is 1. The van der Waals surface area contributed by atoms with Gasteiger partial charge in [-0.25, -0.2) is 4.79 Å². The molecule has 0 saturated carbocycles. The smallest absolute Gasteiger partial charge is 0.410 e. The third-order valence-corrected chi connectivity index (χ3v) is 4.96. The molecule has 2 aliphatic rings. The first-order chi connectivity index (χ1) is 11.6. The third-order valence-electron chi connectivity index (χ3n) is 4.76. The molecule has 3 rings (SSSR count). The van der Waals surface area contributed by atoms with Gasteiger partial charge < -0.3 is 14.5 Å². The van der Waals surface area contributed by atoms with Crippen molar-refractivity contribution in [2.24, 2.45) is 11.3 Å². The van der Waals surface area contributed by atoms with E-state index in [4.69, 9.17) is 16.3 Å². The lowest BCUT2D eigenvalue weighted by atomic mass is 9.83. The Morgan fingerprint density at radius 3 is 2.40 bits per heavy atom. The Morgan fingerprint density at radius 2 is 1.84 bits per heavy atom. The van der Waals surface area contributed by atoms with Crippen LogP contribution in [0.25, 0.3) is 0 Å². The van der Waals surface area contributed by atoms with Gasteiger partial charge in [-0.15, -0.1) is 10.2 Å². The Morgan fingerprint density at radius 1 is 1.20 bits per heavy atom. The summed E-state index contributed by atoms with van der Waals surface area (Å²) in [5, 5.41) is 7.85. The van der Waals surface area contributed by atoms with Crippen LogP contribution in [0.2, 0.25) is 5.15 Å². The Labute approximate surface area is 152 Å².